The van der Waals surface area contributed by atoms with E-state index < -0.39 is 5.60 Å². The van der Waals surface area contributed by atoms with Crippen LogP contribution in [0.25, 0.3) is 50.1 Å². The molecule has 1 saturated heterocycles. The first-order chi connectivity index (χ1) is 25.0. The zero-order valence-electron chi connectivity index (χ0n) is 28.8. The van der Waals surface area contributed by atoms with E-state index in [1.165, 1.54) is 33.3 Å². The number of nitrogens with zero attached hydrogens (tertiary/aromatic N) is 3. The molecule has 5 heteroatoms. The molecule has 0 saturated carbocycles. The number of anilines is 1. The third kappa shape index (κ3) is 4.51. The Kier molecular flexibility index (Phi) is 6.71. The van der Waals surface area contributed by atoms with Crippen molar-refractivity contribution in [2.45, 2.75) is 24.9 Å². The Labute approximate surface area is 297 Å². The van der Waals surface area contributed by atoms with Crippen molar-refractivity contribution in [2.75, 3.05) is 31.2 Å². The summed E-state index contributed by atoms with van der Waals surface area (Å²) < 4.78 is 13.2. The van der Waals surface area contributed by atoms with Crippen molar-refractivity contribution in [3.63, 3.8) is 0 Å². The van der Waals surface area contributed by atoms with E-state index in [9.17, 15) is 0 Å². The normalized spacial score (nSPS) is 18.7. The average Bonchev–Trinajstić information content (AvgIpc) is 3.44. The molecule has 10 rings (SSSR count). The quantitative estimate of drug-likeness (QED) is 0.188. The van der Waals surface area contributed by atoms with Crippen molar-refractivity contribution < 1.29 is 9.47 Å². The number of benzene rings is 6. The molecule has 2 aliphatic heterocycles. The monoisotopic (exact) mass is 663 g/mol. The van der Waals surface area contributed by atoms with Crippen molar-refractivity contribution in [2.24, 2.45) is 0 Å². The second-order valence-electron chi connectivity index (χ2n) is 14.3. The van der Waals surface area contributed by atoms with E-state index in [-0.39, 0.29) is 5.41 Å². The van der Waals surface area contributed by atoms with Crippen LogP contribution < -0.4 is 9.64 Å². The maximum Gasteiger partial charge on any atom is 0.212 e. The van der Waals surface area contributed by atoms with E-state index in [4.69, 9.17) is 19.4 Å². The van der Waals surface area contributed by atoms with Crippen LogP contribution in [-0.2, 0) is 15.8 Å². The smallest absolute Gasteiger partial charge is 0.212 e. The van der Waals surface area contributed by atoms with Crippen molar-refractivity contribution in [3.05, 3.63) is 162 Å². The highest BCUT2D eigenvalue weighted by atomic mass is 16.5. The summed E-state index contributed by atoms with van der Waals surface area (Å²) in [6.45, 7) is 7.89. The molecule has 248 valence electrons. The number of morpholine rings is 1. The SMILES string of the molecule is CC1(C)c2ccccc2-c2c1c1c(c3ccccc23)OC(c2ccc(N3CCOCC3)cc2)(c2nc(-c3ccccc3)c3ccccc3n2)C=C1. The molecule has 1 unspecified atom stereocenters. The van der Waals surface area contributed by atoms with Crippen LogP contribution >= 0.6 is 0 Å². The highest BCUT2D eigenvalue weighted by Crippen LogP contribution is 2.58. The molecule has 1 aromatic heterocycles. The summed E-state index contributed by atoms with van der Waals surface area (Å²) in [5.41, 5.74) is 9.99. The summed E-state index contributed by atoms with van der Waals surface area (Å²) in [7, 11) is 0. The largest absolute Gasteiger partial charge is 0.469 e. The summed E-state index contributed by atoms with van der Waals surface area (Å²) in [5.74, 6) is 1.47. The van der Waals surface area contributed by atoms with Crippen molar-refractivity contribution in [3.8, 4) is 28.1 Å². The third-order valence-electron chi connectivity index (χ3n) is 11.1. The summed E-state index contributed by atoms with van der Waals surface area (Å²) in [4.78, 5) is 13.1. The molecule has 1 atom stereocenters. The highest BCUT2D eigenvalue weighted by molar-refractivity contribution is 6.08. The van der Waals surface area contributed by atoms with Gasteiger partial charge in [-0.2, -0.15) is 0 Å². The molecule has 0 amide bonds. The van der Waals surface area contributed by atoms with Crippen molar-refractivity contribution in [1.82, 2.24) is 9.97 Å². The Balaban J connectivity index is 1.24. The van der Waals surface area contributed by atoms with E-state index in [1.807, 2.05) is 12.1 Å². The average molecular weight is 664 g/mol. The molecule has 51 heavy (non-hydrogen) atoms. The third-order valence-corrected chi connectivity index (χ3v) is 11.1. The van der Waals surface area contributed by atoms with E-state index >= 15 is 0 Å². The van der Waals surface area contributed by atoms with Gasteiger partial charge in [0.1, 0.15) is 5.75 Å². The fraction of sp³-hybridized carbons (Fsp3) is 0.174. The molecule has 1 fully saturated rings. The first-order valence-corrected chi connectivity index (χ1v) is 17.9. The lowest BCUT2D eigenvalue weighted by Gasteiger charge is -2.37. The zero-order chi connectivity index (χ0) is 34.2. The number of ether oxygens (including phenoxy) is 2. The van der Waals surface area contributed by atoms with Crippen LogP contribution in [0.2, 0.25) is 0 Å². The van der Waals surface area contributed by atoms with Gasteiger partial charge in [-0.15, -0.1) is 0 Å². The predicted octanol–water partition coefficient (Wildman–Crippen LogP) is 9.94. The Morgan fingerprint density at radius 1 is 0.667 bits per heavy atom. The number of fused-ring (bicyclic) bond motifs is 9. The van der Waals surface area contributed by atoms with Gasteiger partial charge in [0.15, 0.2) is 5.82 Å². The molecule has 3 aliphatic rings. The summed E-state index contributed by atoms with van der Waals surface area (Å²) >= 11 is 0. The summed E-state index contributed by atoms with van der Waals surface area (Å²) in [6, 6.07) is 45.0. The van der Waals surface area contributed by atoms with E-state index in [1.54, 1.807) is 0 Å². The molecule has 3 heterocycles. The van der Waals surface area contributed by atoms with E-state index in [0.717, 1.165) is 70.7 Å². The van der Waals surface area contributed by atoms with Crippen LogP contribution in [0.3, 0.4) is 0 Å². The van der Waals surface area contributed by atoms with Crippen molar-refractivity contribution in [1.29, 1.82) is 0 Å². The highest BCUT2D eigenvalue weighted by Gasteiger charge is 2.45. The van der Waals surface area contributed by atoms with Crippen LogP contribution in [0.15, 0.2) is 133 Å². The maximum atomic E-state index is 7.60. The van der Waals surface area contributed by atoms with Gasteiger partial charge < -0.3 is 14.4 Å². The predicted molar refractivity (Wildman–Crippen MR) is 206 cm³/mol. The van der Waals surface area contributed by atoms with Crippen LogP contribution in [-0.4, -0.2) is 36.3 Å². The van der Waals surface area contributed by atoms with Gasteiger partial charge in [0.25, 0.3) is 0 Å². The van der Waals surface area contributed by atoms with Gasteiger partial charge in [0.2, 0.25) is 5.60 Å². The van der Waals surface area contributed by atoms with Gasteiger partial charge in [-0.25, -0.2) is 9.97 Å². The molecular formula is C46H37N3O2. The fourth-order valence-corrected chi connectivity index (χ4v) is 8.61. The van der Waals surface area contributed by atoms with Gasteiger partial charge in [-0.1, -0.05) is 129 Å². The second kappa shape index (κ2) is 11.4. The number of hydrogen-bond acceptors (Lipinski definition) is 5. The second-order valence-corrected chi connectivity index (χ2v) is 14.3. The molecule has 5 nitrogen and oxygen atoms in total. The first kappa shape index (κ1) is 30.1. The topological polar surface area (TPSA) is 47.5 Å². The van der Waals surface area contributed by atoms with Gasteiger partial charge in [0.05, 0.1) is 24.4 Å². The molecule has 6 aromatic carbocycles. The minimum atomic E-state index is -1.10. The van der Waals surface area contributed by atoms with Crippen LogP contribution in [0.1, 0.15) is 41.9 Å². The van der Waals surface area contributed by atoms with E-state index in [0.29, 0.717) is 5.82 Å². The minimum absolute atomic E-state index is 0.215. The molecule has 0 bridgehead atoms. The number of hydrogen-bond donors (Lipinski definition) is 0. The molecule has 0 N–H and O–H groups in total. The molecule has 0 radical (unpaired) electrons. The number of rotatable bonds is 4. The lowest BCUT2D eigenvalue weighted by atomic mass is 9.77. The standard InChI is InChI=1S/C46H37N3O2/c1-45(2)38-18-10-8-16-35(38)40-33-14-6-7-15-34(33)43-37(41(40)45)24-25-46(51-43,31-20-22-32(23-21-31)49-26-28-50-29-27-49)44-47-39-19-11-9-17-36(39)42(48-44)30-12-4-3-5-13-30/h3-25H,26-29H2,1-2H3. The molecule has 7 aromatic rings. The van der Waals surface area contributed by atoms with Crippen LogP contribution in [0.4, 0.5) is 5.69 Å². The fourth-order valence-electron chi connectivity index (χ4n) is 8.61. The van der Waals surface area contributed by atoms with Gasteiger partial charge >= 0.3 is 0 Å². The first-order valence-electron chi connectivity index (χ1n) is 17.9. The van der Waals surface area contributed by atoms with Crippen LogP contribution in [0.5, 0.6) is 5.75 Å². The summed E-state index contributed by atoms with van der Waals surface area (Å²) in [5, 5.41) is 3.29. The van der Waals surface area contributed by atoms with Gasteiger partial charge in [0, 0.05) is 51.7 Å². The Morgan fingerprint density at radius 2 is 1.35 bits per heavy atom. The lowest BCUT2D eigenvalue weighted by molar-refractivity contribution is 0.122. The Morgan fingerprint density at radius 3 is 2.16 bits per heavy atom. The molecular weight excluding hydrogens is 627 g/mol. The Hall–Kier alpha value is -5.78. The zero-order valence-corrected chi connectivity index (χ0v) is 28.8. The van der Waals surface area contributed by atoms with Gasteiger partial charge in [-0.3, -0.25) is 0 Å². The number of para-hydroxylation sites is 1. The maximum absolute atomic E-state index is 7.60. The number of aromatic nitrogens is 2. The van der Waals surface area contributed by atoms with Crippen LogP contribution in [0, 0.1) is 0 Å². The van der Waals surface area contributed by atoms with Gasteiger partial charge in [-0.05, 0) is 51.9 Å². The molecule has 1 aliphatic carbocycles. The van der Waals surface area contributed by atoms with E-state index in [2.05, 4.69) is 146 Å². The molecule has 0 spiro atoms. The van der Waals surface area contributed by atoms with Crippen molar-refractivity contribution >= 4 is 33.4 Å². The minimum Gasteiger partial charge on any atom is -0.469 e. The Bertz CT molecular complexity index is 2520. The summed E-state index contributed by atoms with van der Waals surface area (Å²) in [6.07, 6.45) is 4.49. The lowest BCUT2D eigenvalue weighted by Crippen LogP contribution is -2.38.